The molecule has 0 N–H and O–H groups in total. The van der Waals surface area contributed by atoms with Gasteiger partial charge in [0.05, 0.1) is 19.6 Å². The number of methoxy groups -OCH3 is 2. The molecule has 2 fully saturated rings. The molecule has 1 aromatic rings. The van der Waals surface area contributed by atoms with Crippen LogP contribution in [0, 0.1) is 17.8 Å². The minimum absolute atomic E-state index is 0.0420. The summed E-state index contributed by atoms with van der Waals surface area (Å²) in [5, 5.41) is 0.0420. The highest BCUT2D eigenvalue weighted by Crippen LogP contribution is 2.55. The van der Waals surface area contributed by atoms with Gasteiger partial charge in [0.2, 0.25) is 0 Å². The number of fused-ring (bicyclic) bond motifs is 2. The van der Waals surface area contributed by atoms with Crippen LogP contribution in [0.3, 0.4) is 0 Å². The summed E-state index contributed by atoms with van der Waals surface area (Å²) in [4.78, 5) is 0. The van der Waals surface area contributed by atoms with Gasteiger partial charge in [-0.3, -0.25) is 0 Å². The van der Waals surface area contributed by atoms with Crippen LogP contribution in [-0.2, 0) is 0 Å². The van der Waals surface area contributed by atoms with Gasteiger partial charge in [-0.2, -0.15) is 0 Å². The Bertz CT molecular complexity index is 460. The molecule has 0 aromatic heterocycles. The van der Waals surface area contributed by atoms with Gasteiger partial charge in [0.15, 0.2) is 0 Å². The highest BCUT2D eigenvalue weighted by molar-refractivity contribution is 6.21. The van der Waals surface area contributed by atoms with Gasteiger partial charge in [-0.05, 0) is 55.2 Å². The van der Waals surface area contributed by atoms with E-state index in [1.807, 2.05) is 18.2 Å². The Kier molecular flexibility index (Phi) is 3.62. The second-order valence-corrected chi connectivity index (χ2v) is 6.32. The van der Waals surface area contributed by atoms with E-state index in [-0.39, 0.29) is 5.38 Å². The Morgan fingerprint density at radius 1 is 1.16 bits per heavy atom. The summed E-state index contributed by atoms with van der Waals surface area (Å²) in [5.41, 5.74) is 1.08. The summed E-state index contributed by atoms with van der Waals surface area (Å²) in [5.74, 6) is 4.05. The van der Waals surface area contributed by atoms with Gasteiger partial charge in [0.1, 0.15) is 11.5 Å². The van der Waals surface area contributed by atoms with E-state index in [0.717, 1.165) is 28.9 Å². The molecule has 2 bridgehead atoms. The molecule has 0 spiro atoms. The van der Waals surface area contributed by atoms with Crippen molar-refractivity contribution in [1.82, 2.24) is 0 Å². The van der Waals surface area contributed by atoms with E-state index in [2.05, 4.69) is 0 Å². The molecule has 104 valence electrons. The van der Waals surface area contributed by atoms with Gasteiger partial charge in [-0.1, -0.05) is 6.42 Å². The van der Waals surface area contributed by atoms with Crippen molar-refractivity contribution in [2.45, 2.75) is 31.1 Å². The van der Waals surface area contributed by atoms with Crippen LogP contribution in [0.25, 0.3) is 0 Å². The molecule has 3 rings (SSSR count). The van der Waals surface area contributed by atoms with Gasteiger partial charge in [-0.25, -0.2) is 0 Å². The van der Waals surface area contributed by atoms with E-state index in [9.17, 15) is 0 Å². The number of hydrogen-bond donors (Lipinski definition) is 0. The van der Waals surface area contributed by atoms with Gasteiger partial charge < -0.3 is 9.47 Å². The smallest absolute Gasteiger partial charge is 0.123 e. The number of rotatable bonds is 4. The van der Waals surface area contributed by atoms with Crippen LogP contribution in [0.2, 0.25) is 0 Å². The van der Waals surface area contributed by atoms with Crippen molar-refractivity contribution in [3.8, 4) is 11.5 Å². The monoisotopic (exact) mass is 280 g/mol. The van der Waals surface area contributed by atoms with Crippen molar-refractivity contribution >= 4 is 11.6 Å². The zero-order valence-electron chi connectivity index (χ0n) is 11.6. The molecule has 2 aliphatic carbocycles. The minimum atomic E-state index is 0.0420. The molecule has 0 radical (unpaired) electrons. The van der Waals surface area contributed by atoms with Crippen molar-refractivity contribution in [1.29, 1.82) is 0 Å². The third-order valence-corrected chi connectivity index (χ3v) is 5.46. The van der Waals surface area contributed by atoms with Crippen molar-refractivity contribution in [2.24, 2.45) is 17.8 Å². The fourth-order valence-corrected chi connectivity index (χ4v) is 4.42. The molecule has 2 saturated carbocycles. The Balaban J connectivity index is 1.87. The maximum atomic E-state index is 6.78. The van der Waals surface area contributed by atoms with Crippen LogP contribution in [0.1, 0.15) is 36.6 Å². The third-order valence-electron chi connectivity index (χ3n) is 4.90. The normalized spacial score (nSPS) is 30.4. The van der Waals surface area contributed by atoms with Crippen LogP contribution in [0.15, 0.2) is 18.2 Å². The Morgan fingerprint density at radius 3 is 2.58 bits per heavy atom. The fraction of sp³-hybridized carbons (Fsp3) is 0.625. The second kappa shape index (κ2) is 5.24. The summed E-state index contributed by atoms with van der Waals surface area (Å²) >= 11 is 6.78. The minimum Gasteiger partial charge on any atom is -0.497 e. The lowest BCUT2D eigenvalue weighted by Crippen LogP contribution is -2.16. The quantitative estimate of drug-likeness (QED) is 0.760. The largest absolute Gasteiger partial charge is 0.497 e. The molecule has 4 unspecified atom stereocenters. The highest BCUT2D eigenvalue weighted by Gasteiger charge is 2.43. The van der Waals surface area contributed by atoms with E-state index in [4.69, 9.17) is 21.1 Å². The first-order valence-corrected chi connectivity index (χ1v) is 7.52. The number of halogens is 1. The summed E-state index contributed by atoms with van der Waals surface area (Å²) in [7, 11) is 3.39. The van der Waals surface area contributed by atoms with Gasteiger partial charge in [-0.15, -0.1) is 11.6 Å². The Labute approximate surface area is 120 Å². The van der Waals surface area contributed by atoms with Crippen LogP contribution < -0.4 is 9.47 Å². The first-order valence-electron chi connectivity index (χ1n) is 7.09. The Hall–Kier alpha value is -0.890. The number of hydrogen-bond acceptors (Lipinski definition) is 2. The molecule has 4 atom stereocenters. The predicted octanol–water partition coefficient (Wildman–Crippen LogP) is 4.42. The van der Waals surface area contributed by atoms with Crippen LogP contribution >= 0.6 is 11.6 Å². The summed E-state index contributed by atoms with van der Waals surface area (Å²) < 4.78 is 10.8. The van der Waals surface area contributed by atoms with Crippen molar-refractivity contribution in [3.05, 3.63) is 23.8 Å². The summed E-state index contributed by atoms with van der Waals surface area (Å²) in [6, 6.07) is 5.91. The van der Waals surface area contributed by atoms with Crippen molar-refractivity contribution in [3.63, 3.8) is 0 Å². The topological polar surface area (TPSA) is 18.5 Å². The summed E-state index contributed by atoms with van der Waals surface area (Å²) in [6.45, 7) is 0. The fourth-order valence-electron chi connectivity index (χ4n) is 3.94. The zero-order valence-corrected chi connectivity index (χ0v) is 12.3. The second-order valence-electron chi connectivity index (χ2n) is 5.85. The molecular formula is C16H21ClO2. The van der Waals surface area contributed by atoms with Crippen LogP contribution in [0.5, 0.6) is 11.5 Å². The molecule has 0 heterocycles. The lowest BCUT2D eigenvalue weighted by atomic mass is 9.83. The summed E-state index contributed by atoms with van der Waals surface area (Å²) in [6.07, 6.45) is 5.41. The van der Waals surface area contributed by atoms with Crippen LogP contribution in [0.4, 0.5) is 0 Å². The van der Waals surface area contributed by atoms with Gasteiger partial charge in [0, 0.05) is 5.56 Å². The molecule has 19 heavy (non-hydrogen) atoms. The molecule has 0 amide bonds. The van der Waals surface area contributed by atoms with Gasteiger partial charge >= 0.3 is 0 Å². The van der Waals surface area contributed by atoms with Crippen molar-refractivity contribution in [2.75, 3.05) is 14.2 Å². The number of benzene rings is 1. The lowest BCUT2D eigenvalue weighted by molar-refractivity contribution is 0.316. The number of ether oxygens (including phenoxy) is 2. The van der Waals surface area contributed by atoms with E-state index >= 15 is 0 Å². The third kappa shape index (κ3) is 2.31. The molecule has 3 heteroatoms. The number of alkyl halides is 1. The molecule has 0 saturated heterocycles. The average molecular weight is 281 g/mol. The first kappa shape index (κ1) is 13.1. The maximum Gasteiger partial charge on any atom is 0.123 e. The zero-order chi connectivity index (χ0) is 13.4. The van der Waals surface area contributed by atoms with E-state index in [1.54, 1.807) is 14.2 Å². The molecule has 0 aliphatic heterocycles. The molecule has 2 nitrogen and oxygen atoms in total. The van der Waals surface area contributed by atoms with Crippen molar-refractivity contribution < 1.29 is 9.47 Å². The van der Waals surface area contributed by atoms with Crippen LogP contribution in [-0.4, -0.2) is 14.2 Å². The highest BCUT2D eigenvalue weighted by atomic mass is 35.5. The van der Waals surface area contributed by atoms with Gasteiger partial charge in [0.25, 0.3) is 0 Å². The first-order chi connectivity index (χ1) is 9.22. The van der Waals surface area contributed by atoms with E-state index < -0.39 is 0 Å². The SMILES string of the molecule is COc1ccc(OC)c(C(Cl)C2CC3CCC2C3)c1. The molecule has 2 aliphatic rings. The standard InChI is InChI=1S/C16H21ClO2/c1-18-12-5-6-15(19-2)14(9-12)16(17)13-8-10-3-4-11(13)7-10/h5-6,9-11,13,16H,3-4,7-8H2,1-2H3. The lowest BCUT2D eigenvalue weighted by Gasteiger charge is -2.27. The molecule has 1 aromatic carbocycles. The Morgan fingerprint density at radius 2 is 2.00 bits per heavy atom. The average Bonchev–Trinajstić information content (AvgIpc) is 3.08. The molecular weight excluding hydrogens is 260 g/mol. The van der Waals surface area contributed by atoms with E-state index in [0.29, 0.717) is 5.92 Å². The predicted molar refractivity (Wildman–Crippen MR) is 77.1 cm³/mol. The van der Waals surface area contributed by atoms with E-state index in [1.165, 1.54) is 25.7 Å². The maximum absolute atomic E-state index is 6.78.